The summed E-state index contributed by atoms with van der Waals surface area (Å²) in [6, 6.07) is 5.24. The molecular formula is C17H24N4O6. The Balaban J connectivity index is 2.66. The molecule has 3 atom stereocenters. The van der Waals surface area contributed by atoms with Crippen molar-refractivity contribution in [2.45, 2.75) is 31.5 Å². The number of carboxylic acids is 1. The summed E-state index contributed by atoms with van der Waals surface area (Å²) in [5.74, 6) is -3.37. The van der Waals surface area contributed by atoms with Gasteiger partial charge in [0.15, 0.2) is 0 Å². The molecule has 0 radical (unpaired) electrons. The molecule has 0 saturated heterocycles. The van der Waals surface area contributed by atoms with Gasteiger partial charge in [0, 0.05) is 6.42 Å². The fourth-order valence-electron chi connectivity index (χ4n) is 2.17. The Kier molecular flexibility index (Phi) is 8.90. The lowest BCUT2D eigenvalue weighted by molar-refractivity contribution is -0.142. The minimum atomic E-state index is -1.27. The Morgan fingerprint density at radius 1 is 1.00 bits per heavy atom. The van der Waals surface area contributed by atoms with Crippen LogP contribution in [0, 0.1) is 0 Å². The van der Waals surface area contributed by atoms with Gasteiger partial charge >= 0.3 is 5.97 Å². The van der Waals surface area contributed by atoms with E-state index in [0.29, 0.717) is 0 Å². The number of aliphatic hydroxyl groups excluding tert-OH is 1. The van der Waals surface area contributed by atoms with Gasteiger partial charge in [-0.15, -0.1) is 0 Å². The predicted octanol–water partition coefficient (Wildman–Crippen LogP) is -2.26. The van der Waals surface area contributed by atoms with E-state index in [1.54, 1.807) is 30.3 Å². The molecule has 27 heavy (non-hydrogen) atoms. The van der Waals surface area contributed by atoms with Crippen LogP contribution in [0.25, 0.3) is 0 Å². The van der Waals surface area contributed by atoms with Gasteiger partial charge in [0.05, 0.1) is 13.2 Å². The number of hydrogen-bond donors (Lipinski definition) is 6. The van der Waals surface area contributed by atoms with E-state index in [9.17, 15) is 29.4 Å². The maximum absolute atomic E-state index is 12.2. The Labute approximate surface area is 156 Å². The molecule has 0 aliphatic carbocycles. The maximum Gasteiger partial charge on any atom is 0.326 e. The number of nitrogens with one attached hydrogen (secondary N) is 3. The summed E-state index contributed by atoms with van der Waals surface area (Å²) < 4.78 is 0. The Bertz CT molecular complexity index is 667. The second kappa shape index (κ2) is 10.9. The molecule has 10 heteroatoms. The Morgan fingerprint density at radius 2 is 1.63 bits per heavy atom. The third-order valence-corrected chi connectivity index (χ3v) is 3.67. The van der Waals surface area contributed by atoms with Crippen molar-refractivity contribution in [3.8, 4) is 0 Å². The third-order valence-electron chi connectivity index (χ3n) is 3.67. The molecule has 1 rings (SSSR count). The van der Waals surface area contributed by atoms with Gasteiger partial charge in [-0.3, -0.25) is 14.4 Å². The SMILES string of the molecule is CC(NC(=O)C(CO)NC(=O)CN)C(=O)NC(Cc1ccccc1)C(=O)O. The van der Waals surface area contributed by atoms with Crippen molar-refractivity contribution in [1.29, 1.82) is 0 Å². The van der Waals surface area contributed by atoms with E-state index in [1.807, 2.05) is 0 Å². The van der Waals surface area contributed by atoms with Crippen molar-refractivity contribution in [3.05, 3.63) is 35.9 Å². The molecule has 0 saturated carbocycles. The molecule has 3 amide bonds. The first-order chi connectivity index (χ1) is 12.8. The molecule has 148 valence electrons. The summed E-state index contributed by atoms with van der Waals surface area (Å²) in [7, 11) is 0. The highest BCUT2D eigenvalue weighted by atomic mass is 16.4. The molecule has 0 heterocycles. The number of carbonyl (C=O) groups is 4. The van der Waals surface area contributed by atoms with Crippen LogP contribution in [0.2, 0.25) is 0 Å². The van der Waals surface area contributed by atoms with Gasteiger partial charge in [-0.1, -0.05) is 30.3 Å². The highest BCUT2D eigenvalue weighted by Crippen LogP contribution is 2.04. The van der Waals surface area contributed by atoms with Gasteiger partial charge in [0.1, 0.15) is 18.1 Å². The summed E-state index contributed by atoms with van der Waals surface area (Å²) in [5.41, 5.74) is 5.85. The number of carbonyl (C=O) groups excluding carboxylic acids is 3. The Hall–Kier alpha value is -2.98. The van der Waals surface area contributed by atoms with Crippen LogP contribution in [0.3, 0.4) is 0 Å². The number of carboxylic acid groups (broad SMARTS) is 1. The highest BCUT2D eigenvalue weighted by Gasteiger charge is 2.26. The topological polar surface area (TPSA) is 171 Å². The third kappa shape index (κ3) is 7.42. The van der Waals surface area contributed by atoms with E-state index in [-0.39, 0.29) is 13.0 Å². The minimum Gasteiger partial charge on any atom is -0.480 e. The molecule has 0 aliphatic rings. The second-order valence-corrected chi connectivity index (χ2v) is 5.83. The van der Waals surface area contributed by atoms with Gasteiger partial charge in [0.2, 0.25) is 17.7 Å². The fourth-order valence-corrected chi connectivity index (χ4v) is 2.17. The van der Waals surface area contributed by atoms with Gasteiger partial charge in [-0.2, -0.15) is 0 Å². The first-order valence-electron chi connectivity index (χ1n) is 8.26. The lowest BCUT2D eigenvalue weighted by atomic mass is 10.1. The van der Waals surface area contributed by atoms with Crippen LogP contribution in [0.4, 0.5) is 0 Å². The number of nitrogens with two attached hydrogens (primary N) is 1. The minimum absolute atomic E-state index is 0.0778. The van der Waals surface area contributed by atoms with Crippen molar-refractivity contribution < 1.29 is 29.4 Å². The smallest absolute Gasteiger partial charge is 0.326 e. The zero-order chi connectivity index (χ0) is 20.4. The predicted molar refractivity (Wildman–Crippen MR) is 95.4 cm³/mol. The van der Waals surface area contributed by atoms with E-state index >= 15 is 0 Å². The van der Waals surface area contributed by atoms with E-state index in [4.69, 9.17) is 5.73 Å². The van der Waals surface area contributed by atoms with Crippen LogP contribution in [0.1, 0.15) is 12.5 Å². The van der Waals surface area contributed by atoms with Crippen LogP contribution >= 0.6 is 0 Å². The zero-order valence-corrected chi connectivity index (χ0v) is 14.8. The number of rotatable bonds is 10. The molecule has 0 aliphatic heterocycles. The molecule has 0 bridgehead atoms. The number of aliphatic carboxylic acids is 1. The number of aliphatic hydroxyl groups is 1. The number of amides is 3. The monoisotopic (exact) mass is 380 g/mol. The Morgan fingerprint density at radius 3 is 2.15 bits per heavy atom. The van der Waals surface area contributed by atoms with E-state index in [1.165, 1.54) is 6.92 Å². The summed E-state index contributed by atoms with van der Waals surface area (Å²) in [6.45, 7) is 0.311. The van der Waals surface area contributed by atoms with Crippen LogP contribution in [0.15, 0.2) is 30.3 Å². The van der Waals surface area contributed by atoms with Crippen LogP contribution in [-0.2, 0) is 25.6 Å². The molecular weight excluding hydrogens is 356 g/mol. The quantitative estimate of drug-likeness (QED) is 0.266. The molecule has 0 spiro atoms. The summed E-state index contributed by atoms with van der Waals surface area (Å²) in [4.78, 5) is 46.9. The maximum atomic E-state index is 12.2. The zero-order valence-electron chi connectivity index (χ0n) is 14.8. The first kappa shape index (κ1) is 22.1. The van der Waals surface area contributed by atoms with Crippen LogP contribution in [-0.4, -0.2) is 65.2 Å². The molecule has 3 unspecified atom stereocenters. The first-order valence-corrected chi connectivity index (χ1v) is 8.26. The second-order valence-electron chi connectivity index (χ2n) is 5.83. The number of hydrogen-bond acceptors (Lipinski definition) is 6. The van der Waals surface area contributed by atoms with Crippen molar-refractivity contribution in [1.82, 2.24) is 16.0 Å². The van der Waals surface area contributed by atoms with Gasteiger partial charge < -0.3 is 31.9 Å². The van der Waals surface area contributed by atoms with Gasteiger partial charge in [-0.05, 0) is 12.5 Å². The average Bonchev–Trinajstić information content (AvgIpc) is 2.65. The fraction of sp³-hybridized carbons (Fsp3) is 0.412. The molecule has 1 aromatic rings. The largest absolute Gasteiger partial charge is 0.480 e. The summed E-state index contributed by atoms with van der Waals surface area (Å²) in [5, 5.41) is 25.4. The lowest BCUT2D eigenvalue weighted by Crippen LogP contribution is -2.56. The average molecular weight is 380 g/mol. The van der Waals surface area contributed by atoms with Crippen molar-refractivity contribution >= 4 is 23.7 Å². The molecule has 7 N–H and O–H groups in total. The van der Waals surface area contributed by atoms with Gasteiger partial charge in [0.25, 0.3) is 0 Å². The molecule has 0 fully saturated rings. The van der Waals surface area contributed by atoms with E-state index in [0.717, 1.165) is 5.56 Å². The number of benzene rings is 1. The molecule has 0 aromatic heterocycles. The van der Waals surface area contributed by atoms with E-state index < -0.39 is 48.4 Å². The van der Waals surface area contributed by atoms with E-state index in [2.05, 4.69) is 16.0 Å². The summed E-state index contributed by atoms with van der Waals surface area (Å²) in [6.07, 6.45) is 0.0778. The normalized spacial score (nSPS) is 13.7. The van der Waals surface area contributed by atoms with Crippen molar-refractivity contribution in [2.75, 3.05) is 13.2 Å². The molecule has 10 nitrogen and oxygen atoms in total. The van der Waals surface area contributed by atoms with Crippen LogP contribution < -0.4 is 21.7 Å². The van der Waals surface area contributed by atoms with Crippen LogP contribution in [0.5, 0.6) is 0 Å². The van der Waals surface area contributed by atoms with Gasteiger partial charge in [-0.25, -0.2) is 4.79 Å². The van der Waals surface area contributed by atoms with Crippen molar-refractivity contribution in [3.63, 3.8) is 0 Å². The molecule has 1 aromatic carbocycles. The van der Waals surface area contributed by atoms with Crippen molar-refractivity contribution in [2.24, 2.45) is 5.73 Å². The highest BCUT2D eigenvalue weighted by molar-refractivity contribution is 5.93. The standard InChI is InChI=1S/C17H24N4O6/c1-10(19-16(25)13(9-22)20-14(23)8-18)15(24)21-12(17(26)27)7-11-5-3-2-4-6-11/h2-6,10,12-13,22H,7-9,18H2,1H3,(H,19,25)(H,20,23)(H,21,24)(H,26,27). The summed E-state index contributed by atoms with van der Waals surface area (Å²) >= 11 is 0. The lowest BCUT2D eigenvalue weighted by Gasteiger charge is -2.21.